The number of carbonyl (C=O) groups excluding carboxylic acids is 4. The molecule has 0 aliphatic heterocycles. The van der Waals surface area contributed by atoms with E-state index in [1.54, 1.807) is 37.3 Å². The number of hydrogen-bond acceptors (Lipinski definition) is 7. The van der Waals surface area contributed by atoms with Gasteiger partial charge in [-0.1, -0.05) is 51.6 Å². The first-order chi connectivity index (χ1) is 17.8. The highest BCUT2D eigenvalue weighted by molar-refractivity contribution is 6.03. The smallest absolute Gasteiger partial charge is 0.338 e. The van der Waals surface area contributed by atoms with Gasteiger partial charge in [-0.3, -0.25) is 14.4 Å². The van der Waals surface area contributed by atoms with Gasteiger partial charge in [0.15, 0.2) is 5.60 Å². The predicted octanol–water partition coefficient (Wildman–Crippen LogP) is 5.24. The van der Waals surface area contributed by atoms with Crippen LogP contribution in [0.25, 0.3) is 0 Å². The molecule has 204 valence electrons. The zero-order chi connectivity index (χ0) is 28.0. The van der Waals surface area contributed by atoms with Gasteiger partial charge < -0.3 is 14.2 Å². The van der Waals surface area contributed by atoms with Crippen molar-refractivity contribution in [2.45, 2.75) is 78.6 Å². The van der Waals surface area contributed by atoms with Crippen molar-refractivity contribution in [3.8, 4) is 0 Å². The molecule has 7 atom stereocenters. The summed E-state index contributed by atoms with van der Waals surface area (Å²) >= 11 is 0. The van der Waals surface area contributed by atoms with Gasteiger partial charge in [0.1, 0.15) is 12.2 Å². The molecular formula is C31H38O7. The van der Waals surface area contributed by atoms with Gasteiger partial charge in [-0.25, -0.2) is 4.79 Å². The largest absolute Gasteiger partial charge is 0.458 e. The lowest BCUT2D eigenvalue weighted by Gasteiger charge is -2.39. The van der Waals surface area contributed by atoms with Crippen LogP contribution in [0.4, 0.5) is 0 Å². The first-order valence-corrected chi connectivity index (χ1v) is 13.3. The molecule has 0 bridgehead atoms. The zero-order valence-electron chi connectivity index (χ0n) is 23.1. The second-order valence-corrected chi connectivity index (χ2v) is 11.8. The average molecular weight is 523 g/mol. The van der Waals surface area contributed by atoms with Gasteiger partial charge >= 0.3 is 17.9 Å². The van der Waals surface area contributed by atoms with E-state index in [1.165, 1.54) is 13.8 Å². The highest BCUT2D eigenvalue weighted by atomic mass is 16.6. The number of rotatable bonds is 4. The molecule has 4 rings (SSSR count). The van der Waals surface area contributed by atoms with Crippen molar-refractivity contribution in [1.29, 1.82) is 0 Å². The van der Waals surface area contributed by atoms with Gasteiger partial charge in [0.05, 0.1) is 11.5 Å². The molecule has 0 saturated heterocycles. The lowest BCUT2D eigenvalue weighted by Crippen LogP contribution is -2.55. The molecule has 0 N–H and O–H groups in total. The van der Waals surface area contributed by atoms with E-state index in [1.807, 2.05) is 13.0 Å². The fourth-order valence-electron chi connectivity index (χ4n) is 6.80. The summed E-state index contributed by atoms with van der Waals surface area (Å²) in [5.41, 5.74) is -0.203. The summed E-state index contributed by atoms with van der Waals surface area (Å²) in [5.74, 6) is -2.89. The van der Waals surface area contributed by atoms with Crippen LogP contribution in [-0.4, -0.2) is 41.5 Å². The first kappa shape index (κ1) is 27.8. The molecule has 0 unspecified atom stereocenters. The second-order valence-electron chi connectivity index (χ2n) is 11.8. The Bertz CT molecular complexity index is 1180. The van der Waals surface area contributed by atoms with Crippen molar-refractivity contribution < 1.29 is 33.4 Å². The maximum atomic E-state index is 14.3. The van der Waals surface area contributed by atoms with E-state index in [0.717, 1.165) is 6.42 Å². The molecule has 0 aromatic heterocycles. The summed E-state index contributed by atoms with van der Waals surface area (Å²) in [7, 11) is 0. The van der Waals surface area contributed by atoms with Gasteiger partial charge in [0, 0.05) is 20.3 Å². The van der Waals surface area contributed by atoms with Crippen LogP contribution < -0.4 is 0 Å². The number of hydrogen-bond donors (Lipinski definition) is 0. The maximum absolute atomic E-state index is 14.3. The van der Waals surface area contributed by atoms with Gasteiger partial charge in [0.25, 0.3) is 0 Å². The van der Waals surface area contributed by atoms with Crippen molar-refractivity contribution in [3.05, 3.63) is 59.7 Å². The molecule has 0 heterocycles. The summed E-state index contributed by atoms with van der Waals surface area (Å²) in [6.07, 6.45) is 1.63. The summed E-state index contributed by atoms with van der Waals surface area (Å²) < 4.78 is 17.9. The molecule has 0 spiro atoms. The van der Waals surface area contributed by atoms with E-state index in [0.29, 0.717) is 29.0 Å². The number of allylic oxidation sites excluding steroid dienone is 1. The standard InChI is InChI=1S/C31H38O7/c1-17-13-14-23-24(30(23,6)7)15-18(2)28(34)31(38-21(5)33)16-19(3)27(25(31)26(17)36-20(4)32)37-29(35)22-11-9-8-10-12-22/h8-12,15,19,23-27H,1,13-14,16H2,2-7H3/b18-15+/t19-,23-,24+,25-,26+,27-,31+/m1/s1. The predicted molar refractivity (Wildman–Crippen MR) is 141 cm³/mol. The topological polar surface area (TPSA) is 96.0 Å². The molecule has 0 amide bonds. The molecular weight excluding hydrogens is 484 g/mol. The van der Waals surface area contributed by atoms with Crippen molar-refractivity contribution in [1.82, 2.24) is 0 Å². The molecule has 3 aliphatic rings. The molecule has 1 aromatic rings. The number of ether oxygens (including phenoxy) is 3. The minimum atomic E-state index is -1.69. The Labute approximate surface area is 224 Å². The van der Waals surface area contributed by atoms with Crippen LogP contribution in [0.2, 0.25) is 0 Å². The van der Waals surface area contributed by atoms with Crippen molar-refractivity contribution >= 4 is 23.7 Å². The Morgan fingerprint density at radius 1 is 1.03 bits per heavy atom. The maximum Gasteiger partial charge on any atom is 0.338 e. The Morgan fingerprint density at radius 3 is 2.29 bits per heavy atom. The third kappa shape index (κ3) is 4.95. The van der Waals surface area contributed by atoms with Crippen LogP contribution in [0.15, 0.2) is 54.1 Å². The Hall–Kier alpha value is -3.22. The third-order valence-corrected chi connectivity index (χ3v) is 8.77. The molecule has 3 aliphatic carbocycles. The van der Waals surface area contributed by atoms with Crippen molar-refractivity contribution in [3.63, 3.8) is 0 Å². The SMILES string of the molecule is C=C1CC[C@@H]2[C@H](/C=C(\C)C(=O)[C@]3(OC(C)=O)C[C@@H](C)[C@@H](OC(=O)c4ccccc4)[C@H]3[C@H]1OC(C)=O)C2(C)C. The Morgan fingerprint density at radius 2 is 1.68 bits per heavy atom. The van der Waals surface area contributed by atoms with Gasteiger partial charge in [-0.05, 0) is 66.2 Å². The van der Waals surface area contributed by atoms with Crippen LogP contribution in [0, 0.1) is 29.1 Å². The molecule has 7 nitrogen and oxygen atoms in total. The number of esters is 3. The van der Waals surface area contributed by atoms with E-state index >= 15 is 0 Å². The lowest BCUT2D eigenvalue weighted by molar-refractivity contribution is -0.179. The van der Waals surface area contributed by atoms with E-state index in [2.05, 4.69) is 20.4 Å². The van der Waals surface area contributed by atoms with E-state index in [9.17, 15) is 19.2 Å². The number of benzene rings is 1. The van der Waals surface area contributed by atoms with Crippen LogP contribution in [0.1, 0.15) is 71.2 Å². The van der Waals surface area contributed by atoms with Crippen molar-refractivity contribution in [2.24, 2.45) is 29.1 Å². The lowest BCUT2D eigenvalue weighted by atomic mass is 9.76. The average Bonchev–Trinajstić information content (AvgIpc) is 3.24. The summed E-state index contributed by atoms with van der Waals surface area (Å²) in [6.45, 7) is 14.8. The number of ketones is 1. The monoisotopic (exact) mass is 522 g/mol. The number of carbonyl (C=O) groups is 4. The molecule has 1 aromatic carbocycles. The fourth-order valence-corrected chi connectivity index (χ4v) is 6.80. The molecule has 38 heavy (non-hydrogen) atoms. The molecule has 7 heteroatoms. The van der Waals surface area contributed by atoms with Gasteiger partial charge in [0.2, 0.25) is 5.78 Å². The van der Waals surface area contributed by atoms with E-state index < -0.39 is 41.6 Å². The zero-order valence-corrected chi connectivity index (χ0v) is 23.1. The molecule has 2 saturated carbocycles. The summed E-state index contributed by atoms with van der Waals surface area (Å²) in [4.78, 5) is 52.4. The quantitative estimate of drug-likeness (QED) is 0.303. The fraction of sp³-hybridized carbons (Fsp3) is 0.548. The minimum absolute atomic E-state index is 0.0165. The Kier molecular flexibility index (Phi) is 7.43. The highest BCUT2D eigenvalue weighted by Crippen LogP contribution is 2.62. The van der Waals surface area contributed by atoms with Gasteiger partial charge in [-0.15, -0.1) is 0 Å². The second kappa shape index (κ2) is 10.2. The third-order valence-electron chi connectivity index (χ3n) is 8.77. The Balaban J connectivity index is 1.87. The number of Topliss-reactive ketones (excluding diaryl/α,β-unsaturated/α-hetero) is 1. The highest BCUT2D eigenvalue weighted by Gasteiger charge is 2.65. The van der Waals surface area contributed by atoms with Crippen LogP contribution >= 0.6 is 0 Å². The van der Waals surface area contributed by atoms with E-state index in [-0.39, 0.29) is 29.5 Å². The number of fused-ring (bicyclic) bond motifs is 2. The van der Waals surface area contributed by atoms with Crippen LogP contribution in [-0.2, 0) is 28.6 Å². The first-order valence-electron chi connectivity index (χ1n) is 13.3. The summed E-state index contributed by atoms with van der Waals surface area (Å²) in [6, 6.07) is 8.56. The normalized spacial score (nSPS) is 35.5. The van der Waals surface area contributed by atoms with Crippen LogP contribution in [0.5, 0.6) is 0 Å². The van der Waals surface area contributed by atoms with Gasteiger partial charge in [-0.2, -0.15) is 0 Å². The minimum Gasteiger partial charge on any atom is -0.458 e. The van der Waals surface area contributed by atoms with Crippen molar-refractivity contribution in [2.75, 3.05) is 0 Å². The van der Waals surface area contributed by atoms with Crippen LogP contribution in [0.3, 0.4) is 0 Å². The molecule has 0 radical (unpaired) electrons. The molecule has 2 fully saturated rings. The van der Waals surface area contributed by atoms with E-state index in [4.69, 9.17) is 14.2 Å². The summed E-state index contributed by atoms with van der Waals surface area (Å²) in [5, 5.41) is 0.